The molecule has 0 aromatic carbocycles. The average Bonchev–Trinajstić information content (AvgIpc) is 2.50. The molecule has 0 radical (unpaired) electrons. The van der Waals surface area contributed by atoms with Gasteiger partial charge in [-0.3, -0.25) is 4.39 Å². The Morgan fingerprint density at radius 1 is 1.50 bits per heavy atom. The average molecular weight is 173 g/mol. The van der Waals surface area contributed by atoms with Gasteiger partial charge in [0, 0.05) is 13.0 Å². The Bertz CT molecular complexity index is 223. The fourth-order valence-electron chi connectivity index (χ4n) is 0.915. The second-order valence-corrected chi connectivity index (χ2v) is 2.40. The minimum Gasteiger partial charge on any atom is -0.330 e. The van der Waals surface area contributed by atoms with E-state index in [1.165, 1.54) is 0 Å². The highest BCUT2D eigenvalue weighted by Crippen LogP contribution is 1.94. The molecule has 1 aromatic rings. The topological polar surface area (TPSA) is 69.6 Å². The van der Waals surface area contributed by atoms with Crippen LogP contribution < -0.4 is 5.73 Å². The minimum atomic E-state index is -0.345. The third-order valence-corrected chi connectivity index (χ3v) is 1.48. The molecular formula is C6H12FN5. The van der Waals surface area contributed by atoms with Crippen LogP contribution in [-0.4, -0.2) is 33.4 Å². The van der Waals surface area contributed by atoms with Crippen LogP contribution in [0.3, 0.4) is 0 Å². The summed E-state index contributed by atoms with van der Waals surface area (Å²) in [6.07, 6.45) is 1.09. The van der Waals surface area contributed by atoms with Crippen molar-refractivity contribution in [2.75, 3.05) is 13.2 Å². The van der Waals surface area contributed by atoms with Gasteiger partial charge in [0.1, 0.15) is 0 Å². The molecule has 12 heavy (non-hydrogen) atoms. The standard InChI is InChI=1S/C6H12FN5/c7-3-1-5-12-6(2-4-8)9-10-11-12/h1-5,8H2. The largest absolute Gasteiger partial charge is 0.330 e. The van der Waals surface area contributed by atoms with Crippen molar-refractivity contribution in [3.63, 3.8) is 0 Å². The van der Waals surface area contributed by atoms with E-state index in [1.54, 1.807) is 4.68 Å². The van der Waals surface area contributed by atoms with Gasteiger partial charge in [0.25, 0.3) is 0 Å². The molecule has 5 nitrogen and oxygen atoms in total. The zero-order valence-corrected chi connectivity index (χ0v) is 6.78. The van der Waals surface area contributed by atoms with Crippen LogP contribution in [0.25, 0.3) is 0 Å². The van der Waals surface area contributed by atoms with Crippen LogP contribution in [0, 0.1) is 0 Å². The zero-order valence-electron chi connectivity index (χ0n) is 6.78. The van der Waals surface area contributed by atoms with Crippen molar-refractivity contribution < 1.29 is 4.39 Å². The minimum absolute atomic E-state index is 0.345. The molecule has 0 atom stereocenters. The normalized spacial score (nSPS) is 10.5. The molecule has 0 spiro atoms. The highest BCUT2D eigenvalue weighted by molar-refractivity contribution is 4.80. The van der Waals surface area contributed by atoms with E-state index < -0.39 is 0 Å². The first-order valence-corrected chi connectivity index (χ1v) is 3.89. The Labute approximate surface area is 69.7 Å². The van der Waals surface area contributed by atoms with Crippen molar-refractivity contribution in [2.24, 2.45) is 5.73 Å². The van der Waals surface area contributed by atoms with Gasteiger partial charge >= 0.3 is 0 Å². The molecular weight excluding hydrogens is 161 g/mol. The summed E-state index contributed by atoms with van der Waals surface area (Å²) in [4.78, 5) is 0. The third kappa shape index (κ3) is 2.23. The van der Waals surface area contributed by atoms with E-state index >= 15 is 0 Å². The van der Waals surface area contributed by atoms with E-state index in [4.69, 9.17) is 5.73 Å². The molecule has 0 fully saturated rings. The predicted octanol–water partition coefficient (Wildman–Crippen LogP) is -0.466. The number of halogens is 1. The molecule has 0 aliphatic heterocycles. The van der Waals surface area contributed by atoms with E-state index in [2.05, 4.69) is 15.5 Å². The first-order valence-electron chi connectivity index (χ1n) is 3.89. The number of hydrogen-bond donors (Lipinski definition) is 1. The predicted molar refractivity (Wildman–Crippen MR) is 41.2 cm³/mol. The van der Waals surface area contributed by atoms with E-state index in [-0.39, 0.29) is 6.67 Å². The van der Waals surface area contributed by atoms with Gasteiger partial charge in [-0.2, -0.15) is 0 Å². The summed E-state index contributed by atoms with van der Waals surface area (Å²) in [5, 5.41) is 10.9. The van der Waals surface area contributed by atoms with E-state index in [0.717, 1.165) is 5.82 Å². The molecule has 0 unspecified atom stereocenters. The van der Waals surface area contributed by atoms with E-state index in [0.29, 0.717) is 25.9 Å². The van der Waals surface area contributed by atoms with Crippen LogP contribution in [0.15, 0.2) is 0 Å². The summed E-state index contributed by atoms with van der Waals surface area (Å²) >= 11 is 0. The second kappa shape index (κ2) is 4.76. The number of nitrogens with zero attached hydrogens (tertiary/aromatic N) is 4. The molecule has 2 N–H and O–H groups in total. The van der Waals surface area contributed by atoms with Gasteiger partial charge in [0.2, 0.25) is 0 Å². The molecule has 1 rings (SSSR count). The maximum absolute atomic E-state index is 11.8. The van der Waals surface area contributed by atoms with E-state index in [1.807, 2.05) is 0 Å². The smallest absolute Gasteiger partial charge is 0.152 e. The Kier molecular flexibility index (Phi) is 3.59. The fraction of sp³-hybridized carbons (Fsp3) is 0.833. The first-order chi connectivity index (χ1) is 5.88. The van der Waals surface area contributed by atoms with Gasteiger partial charge in [0.05, 0.1) is 6.67 Å². The summed E-state index contributed by atoms with van der Waals surface area (Å²) in [5.41, 5.74) is 5.33. The van der Waals surface area contributed by atoms with Gasteiger partial charge in [0.15, 0.2) is 5.82 Å². The van der Waals surface area contributed by atoms with Crippen molar-refractivity contribution in [3.05, 3.63) is 5.82 Å². The summed E-state index contributed by atoms with van der Waals surface area (Å²) in [6.45, 7) is 0.691. The lowest BCUT2D eigenvalue weighted by molar-refractivity contribution is 0.426. The van der Waals surface area contributed by atoms with Crippen LogP contribution in [-0.2, 0) is 13.0 Å². The van der Waals surface area contributed by atoms with Gasteiger partial charge in [-0.25, -0.2) is 4.68 Å². The van der Waals surface area contributed by atoms with Crippen molar-refractivity contribution in [1.82, 2.24) is 20.2 Å². The summed E-state index contributed by atoms with van der Waals surface area (Å²) in [6, 6.07) is 0. The zero-order chi connectivity index (χ0) is 8.81. The van der Waals surface area contributed by atoms with Crippen LogP contribution in [0.5, 0.6) is 0 Å². The van der Waals surface area contributed by atoms with Gasteiger partial charge in [-0.15, -0.1) is 5.10 Å². The highest BCUT2D eigenvalue weighted by atomic mass is 19.1. The number of tetrazole rings is 1. The Morgan fingerprint density at radius 2 is 2.33 bits per heavy atom. The molecule has 68 valence electrons. The second-order valence-electron chi connectivity index (χ2n) is 2.40. The van der Waals surface area contributed by atoms with Gasteiger partial charge < -0.3 is 5.73 Å². The van der Waals surface area contributed by atoms with Crippen molar-refractivity contribution >= 4 is 0 Å². The first kappa shape index (κ1) is 9.05. The Balaban J connectivity index is 2.51. The van der Waals surface area contributed by atoms with Crippen LogP contribution >= 0.6 is 0 Å². The molecule has 6 heteroatoms. The lowest BCUT2D eigenvalue weighted by atomic mass is 10.4. The molecule has 0 saturated carbocycles. The fourth-order valence-corrected chi connectivity index (χ4v) is 0.915. The molecule has 0 aliphatic rings. The maximum Gasteiger partial charge on any atom is 0.152 e. The number of aromatic nitrogens is 4. The molecule has 1 heterocycles. The SMILES string of the molecule is NCCc1nnnn1CCCF. The monoisotopic (exact) mass is 173 g/mol. The van der Waals surface area contributed by atoms with E-state index in [9.17, 15) is 4.39 Å². The van der Waals surface area contributed by atoms with Gasteiger partial charge in [-0.1, -0.05) is 0 Å². The van der Waals surface area contributed by atoms with Crippen molar-refractivity contribution in [1.29, 1.82) is 0 Å². The quantitative estimate of drug-likeness (QED) is 0.653. The number of aryl methyl sites for hydroxylation is 1. The Morgan fingerprint density at radius 3 is 3.00 bits per heavy atom. The van der Waals surface area contributed by atoms with Crippen LogP contribution in [0.1, 0.15) is 12.2 Å². The lowest BCUT2D eigenvalue weighted by Gasteiger charge is -2.00. The third-order valence-electron chi connectivity index (χ3n) is 1.48. The number of alkyl halides is 1. The summed E-state index contributed by atoms with van der Waals surface area (Å²) in [7, 11) is 0. The molecule has 0 bridgehead atoms. The van der Waals surface area contributed by atoms with Crippen molar-refractivity contribution in [3.8, 4) is 0 Å². The maximum atomic E-state index is 11.8. The molecule has 0 aliphatic carbocycles. The summed E-state index contributed by atoms with van der Waals surface area (Å²) in [5.74, 6) is 0.728. The van der Waals surface area contributed by atoms with Crippen LogP contribution in [0.2, 0.25) is 0 Å². The lowest BCUT2D eigenvalue weighted by Crippen LogP contribution is -2.11. The number of rotatable bonds is 5. The molecule has 0 saturated heterocycles. The molecule has 0 amide bonds. The van der Waals surface area contributed by atoms with Crippen LogP contribution in [0.4, 0.5) is 4.39 Å². The van der Waals surface area contributed by atoms with Crippen molar-refractivity contribution in [2.45, 2.75) is 19.4 Å². The molecule has 1 aromatic heterocycles. The Hall–Kier alpha value is -1.04. The summed E-state index contributed by atoms with van der Waals surface area (Å²) < 4.78 is 13.4. The number of nitrogens with two attached hydrogens (primary N) is 1. The number of hydrogen-bond acceptors (Lipinski definition) is 4. The van der Waals surface area contributed by atoms with Gasteiger partial charge in [-0.05, 0) is 23.4 Å². The highest BCUT2D eigenvalue weighted by Gasteiger charge is 2.03.